The second-order valence-electron chi connectivity index (χ2n) is 5.22. The van der Waals surface area contributed by atoms with E-state index < -0.39 is 0 Å². The molecule has 1 fully saturated rings. The Bertz CT molecular complexity index is 175. The molecule has 0 aromatic rings. The number of rotatable bonds is 5. The Labute approximate surface area is 95.6 Å². The van der Waals surface area contributed by atoms with E-state index in [4.69, 9.17) is 0 Å². The summed E-state index contributed by atoms with van der Waals surface area (Å²) in [5.41, 5.74) is 0. The number of likely N-dealkylation sites (tertiary alicyclic amines) is 1. The van der Waals surface area contributed by atoms with Gasteiger partial charge in [-0.3, -0.25) is 4.90 Å². The summed E-state index contributed by atoms with van der Waals surface area (Å²) in [5, 5.41) is 0. The van der Waals surface area contributed by atoms with Crippen LogP contribution in [0.5, 0.6) is 0 Å². The number of nitrogens with zero attached hydrogens (tertiary/aromatic N) is 2. The van der Waals surface area contributed by atoms with Gasteiger partial charge in [-0.15, -0.1) is 0 Å². The zero-order valence-corrected chi connectivity index (χ0v) is 11.2. The van der Waals surface area contributed by atoms with Crippen LogP contribution in [-0.2, 0) is 0 Å². The van der Waals surface area contributed by atoms with E-state index in [2.05, 4.69) is 44.5 Å². The molecule has 1 heterocycles. The van der Waals surface area contributed by atoms with Crippen molar-refractivity contribution in [2.24, 2.45) is 0 Å². The van der Waals surface area contributed by atoms with Crippen molar-refractivity contribution in [3.63, 3.8) is 0 Å². The minimum absolute atomic E-state index is 0.686. The largest absolute Gasteiger partial charge is 0.305 e. The lowest BCUT2D eigenvalue weighted by Gasteiger charge is -2.39. The molecular weight excluding hydrogens is 184 g/mol. The minimum Gasteiger partial charge on any atom is -0.305 e. The van der Waals surface area contributed by atoms with Gasteiger partial charge in [-0.1, -0.05) is 13.8 Å². The summed E-state index contributed by atoms with van der Waals surface area (Å²) in [7, 11) is 2.24. The van der Waals surface area contributed by atoms with Gasteiger partial charge >= 0.3 is 0 Å². The van der Waals surface area contributed by atoms with E-state index in [1.54, 1.807) is 0 Å². The molecule has 1 aliphatic heterocycles. The summed E-state index contributed by atoms with van der Waals surface area (Å²) in [5.74, 6) is 0. The quantitative estimate of drug-likeness (QED) is 0.691. The smallest absolute Gasteiger partial charge is 0.0240 e. The standard InChI is InChI=1S/C13H28N2/c1-6-12(7-2)15(11(3)4)13-8-9-14(5)10-13/h11-13H,6-10H2,1-5H3. The maximum absolute atomic E-state index is 2.75. The molecule has 0 spiro atoms. The number of hydrogen-bond donors (Lipinski definition) is 0. The first kappa shape index (κ1) is 13.0. The van der Waals surface area contributed by atoms with Crippen molar-refractivity contribution in [3.8, 4) is 0 Å². The van der Waals surface area contributed by atoms with E-state index >= 15 is 0 Å². The molecule has 0 radical (unpaired) electrons. The normalized spacial score (nSPS) is 23.6. The van der Waals surface area contributed by atoms with Crippen molar-refractivity contribution < 1.29 is 0 Å². The van der Waals surface area contributed by atoms with Crippen LogP contribution in [0.25, 0.3) is 0 Å². The maximum atomic E-state index is 2.75. The highest BCUT2D eigenvalue weighted by Crippen LogP contribution is 2.22. The number of likely N-dealkylation sites (N-methyl/N-ethyl adjacent to an activating group) is 1. The fourth-order valence-electron chi connectivity index (χ4n) is 3.01. The van der Waals surface area contributed by atoms with E-state index in [0.29, 0.717) is 6.04 Å². The van der Waals surface area contributed by atoms with Crippen LogP contribution in [-0.4, -0.2) is 48.1 Å². The minimum atomic E-state index is 0.686. The lowest BCUT2D eigenvalue weighted by atomic mass is 10.0. The summed E-state index contributed by atoms with van der Waals surface area (Å²) in [6.07, 6.45) is 3.93. The predicted octanol–water partition coefficient (Wildman–Crippen LogP) is 2.59. The molecule has 1 aliphatic rings. The molecule has 0 bridgehead atoms. The average Bonchev–Trinajstić information content (AvgIpc) is 2.59. The molecule has 0 saturated carbocycles. The number of hydrogen-bond acceptors (Lipinski definition) is 2. The van der Waals surface area contributed by atoms with Crippen LogP contribution < -0.4 is 0 Å². The highest BCUT2D eigenvalue weighted by Gasteiger charge is 2.30. The summed E-state index contributed by atoms with van der Waals surface area (Å²) in [4.78, 5) is 5.21. The van der Waals surface area contributed by atoms with Gasteiger partial charge in [-0.25, -0.2) is 0 Å². The molecule has 2 heteroatoms. The van der Waals surface area contributed by atoms with Crippen LogP contribution in [0.2, 0.25) is 0 Å². The van der Waals surface area contributed by atoms with Gasteiger partial charge in [0, 0.05) is 24.7 Å². The second kappa shape index (κ2) is 5.86. The summed E-state index contributed by atoms with van der Waals surface area (Å²) >= 11 is 0. The van der Waals surface area contributed by atoms with Gasteiger partial charge in [0.25, 0.3) is 0 Å². The van der Waals surface area contributed by atoms with Crippen LogP contribution >= 0.6 is 0 Å². The molecule has 15 heavy (non-hydrogen) atoms. The Balaban J connectivity index is 2.64. The van der Waals surface area contributed by atoms with Gasteiger partial charge in [0.1, 0.15) is 0 Å². The topological polar surface area (TPSA) is 6.48 Å². The molecule has 0 N–H and O–H groups in total. The van der Waals surface area contributed by atoms with Gasteiger partial charge in [0.2, 0.25) is 0 Å². The lowest BCUT2D eigenvalue weighted by molar-refractivity contribution is 0.0922. The van der Waals surface area contributed by atoms with Crippen molar-refractivity contribution in [1.82, 2.24) is 9.80 Å². The molecule has 1 rings (SSSR count). The molecule has 2 nitrogen and oxygen atoms in total. The molecule has 1 unspecified atom stereocenters. The monoisotopic (exact) mass is 212 g/mol. The highest BCUT2D eigenvalue weighted by molar-refractivity contribution is 4.87. The Kier molecular flexibility index (Phi) is 5.07. The fraction of sp³-hybridized carbons (Fsp3) is 1.00. The Morgan fingerprint density at radius 2 is 1.87 bits per heavy atom. The molecule has 1 atom stereocenters. The van der Waals surface area contributed by atoms with Gasteiger partial charge < -0.3 is 4.90 Å². The zero-order valence-electron chi connectivity index (χ0n) is 11.2. The Hall–Kier alpha value is -0.0800. The predicted molar refractivity (Wildman–Crippen MR) is 67.2 cm³/mol. The van der Waals surface area contributed by atoms with E-state index in [1.807, 2.05) is 0 Å². The Morgan fingerprint density at radius 1 is 1.27 bits per heavy atom. The third-order valence-corrected chi connectivity index (χ3v) is 3.75. The van der Waals surface area contributed by atoms with Crippen molar-refractivity contribution in [3.05, 3.63) is 0 Å². The summed E-state index contributed by atoms with van der Waals surface area (Å²) < 4.78 is 0. The third-order valence-electron chi connectivity index (χ3n) is 3.75. The van der Waals surface area contributed by atoms with E-state index in [0.717, 1.165) is 12.1 Å². The van der Waals surface area contributed by atoms with Crippen LogP contribution in [0.4, 0.5) is 0 Å². The van der Waals surface area contributed by atoms with Gasteiger partial charge in [0.15, 0.2) is 0 Å². The van der Waals surface area contributed by atoms with Crippen LogP contribution in [0.3, 0.4) is 0 Å². The van der Waals surface area contributed by atoms with E-state index in [-0.39, 0.29) is 0 Å². The van der Waals surface area contributed by atoms with Gasteiger partial charge in [-0.2, -0.15) is 0 Å². The molecular formula is C13H28N2. The first-order valence-electron chi connectivity index (χ1n) is 6.56. The second-order valence-corrected chi connectivity index (χ2v) is 5.22. The zero-order chi connectivity index (χ0) is 11.4. The molecule has 0 amide bonds. The van der Waals surface area contributed by atoms with E-state index in [1.165, 1.54) is 32.4 Å². The fourth-order valence-corrected chi connectivity index (χ4v) is 3.01. The maximum Gasteiger partial charge on any atom is 0.0240 e. The van der Waals surface area contributed by atoms with Gasteiger partial charge in [0.05, 0.1) is 0 Å². The van der Waals surface area contributed by atoms with E-state index in [9.17, 15) is 0 Å². The SMILES string of the molecule is CCC(CC)N(C(C)C)C1CCN(C)C1. The van der Waals surface area contributed by atoms with Crippen molar-refractivity contribution in [2.45, 2.75) is 65.1 Å². The molecule has 90 valence electrons. The summed E-state index contributed by atoms with van der Waals surface area (Å²) in [6, 6.07) is 2.26. The molecule has 1 saturated heterocycles. The Morgan fingerprint density at radius 3 is 2.20 bits per heavy atom. The summed E-state index contributed by atoms with van der Waals surface area (Å²) in [6.45, 7) is 11.9. The molecule has 0 aromatic carbocycles. The van der Waals surface area contributed by atoms with Crippen LogP contribution in [0.1, 0.15) is 47.0 Å². The van der Waals surface area contributed by atoms with Gasteiger partial charge in [-0.05, 0) is 46.7 Å². The highest BCUT2D eigenvalue weighted by atomic mass is 15.3. The first-order chi connectivity index (χ1) is 7.10. The van der Waals surface area contributed by atoms with Crippen molar-refractivity contribution in [1.29, 1.82) is 0 Å². The first-order valence-corrected chi connectivity index (χ1v) is 6.56. The average molecular weight is 212 g/mol. The molecule has 0 aliphatic carbocycles. The third kappa shape index (κ3) is 3.18. The van der Waals surface area contributed by atoms with Crippen molar-refractivity contribution in [2.75, 3.05) is 20.1 Å². The van der Waals surface area contributed by atoms with Crippen LogP contribution in [0, 0.1) is 0 Å². The van der Waals surface area contributed by atoms with Crippen molar-refractivity contribution >= 4 is 0 Å². The molecule has 0 aromatic heterocycles. The lowest BCUT2D eigenvalue weighted by Crippen LogP contribution is -2.48. The van der Waals surface area contributed by atoms with Crippen LogP contribution in [0.15, 0.2) is 0 Å².